The number of fused-ring (bicyclic) bond motifs is 1. The standard InChI is InChI=1S/C17H20O3/c1-16(2)8-9-17(10-13(17)14(16)18)15(19)20-11-12-6-4-3-5-7-12/h3-7,13H,8-11H2,1-2H3. The van der Waals surface area contributed by atoms with Crippen LogP contribution in [0.1, 0.15) is 38.7 Å². The number of hydrogen-bond acceptors (Lipinski definition) is 3. The van der Waals surface area contributed by atoms with E-state index in [0.717, 1.165) is 18.4 Å². The minimum Gasteiger partial charge on any atom is -0.460 e. The molecule has 0 radical (unpaired) electrons. The summed E-state index contributed by atoms with van der Waals surface area (Å²) in [6.07, 6.45) is 2.25. The van der Waals surface area contributed by atoms with Crippen LogP contribution in [0, 0.1) is 16.7 Å². The van der Waals surface area contributed by atoms with Gasteiger partial charge >= 0.3 is 5.97 Å². The molecule has 2 unspecified atom stereocenters. The monoisotopic (exact) mass is 272 g/mol. The van der Waals surface area contributed by atoms with E-state index in [2.05, 4.69) is 0 Å². The highest BCUT2D eigenvalue weighted by Crippen LogP contribution is 2.63. The first-order valence-corrected chi connectivity index (χ1v) is 7.21. The van der Waals surface area contributed by atoms with Gasteiger partial charge < -0.3 is 4.74 Å². The Hall–Kier alpha value is -1.64. The van der Waals surface area contributed by atoms with Gasteiger partial charge in [-0.1, -0.05) is 44.2 Å². The predicted octanol–water partition coefficient (Wildman–Crippen LogP) is 3.13. The van der Waals surface area contributed by atoms with E-state index in [1.54, 1.807) is 0 Å². The molecular formula is C17H20O3. The first-order chi connectivity index (χ1) is 9.46. The number of rotatable bonds is 3. The van der Waals surface area contributed by atoms with Crippen molar-refractivity contribution in [1.82, 2.24) is 0 Å². The quantitative estimate of drug-likeness (QED) is 0.794. The van der Waals surface area contributed by atoms with E-state index >= 15 is 0 Å². The van der Waals surface area contributed by atoms with Gasteiger partial charge in [0.1, 0.15) is 12.4 Å². The molecule has 2 aliphatic carbocycles. The molecular weight excluding hydrogens is 252 g/mol. The van der Waals surface area contributed by atoms with Crippen LogP contribution in [0.25, 0.3) is 0 Å². The number of ketones is 1. The number of ether oxygens (including phenoxy) is 1. The molecule has 2 saturated carbocycles. The zero-order valence-electron chi connectivity index (χ0n) is 12.0. The van der Waals surface area contributed by atoms with Crippen molar-refractivity contribution >= 4 is 11.8 Å². The molecule has 1 aromatic carbocycles. The van der Waals surface area contributed by atoms with Crippen molar-refractivity contribution in [3.63, 3.8) is 0 Å². The zero-order valence-corrected chi connectivity index (χ0v) is 12.0. The molecule has 0 heterocycles. The van der Waals surface area contributed by atoms with Crippen LogP contribution in [0.5, 0.6) is 0 Å². The van der Waals surface area contributed by atoms with Gasteiger partial charge in [-0.15, -0.1) is 0 Å². The fourth-order valence-electron chi connectivity index (χ4n) is 3.25. The Morgan fingerprint density at radius 2 is 1.95 bits per heavy atom. The summed E-state index contributed by atoms with van der Waals surface area (Å²) in [4.78, 5) is 24.6. The van der Waals surface area contributed by atoms with E-state index in [-0.39, 0.29) is 23.1 Å². The number of carbonyl (C=O) groups is 2. The van der Waals surface area contributed by atoms with Gasteiger partial charge in [-0.2, -0.15) is 0 Å². The van der Waals surface area contributed by atoms with Gasteiger partial charge in [-0.25, -0.2) is 0 Å². The van der Waals surface area contributed by atoms with Gasteiger partial charge in [0.15, 0.2) is 0 Å². The normalized spacial score (nSPS) is 30.5. The van der Waals surface area contributed by atoms with Crippen LogP contribution in [-0.2, 0) is 20.9 Å². The number of benzene rings is 1. The number of Topliss-reactive ketones (excluding diaryl/α,β-unsaturated/α-hetero) is 1. The van der Waals surface area contributed by atoms with E-state index in [9.17, 15) is 9.59 Å². The van der Waals surface area contributed by atoms with Gasteiger partial charge in [-0.3, -0.25) is 9.59 Å². The Morgan fingerprint density at radius 1 is 1.25 bits per heavy atom. The summed E-state index contributed by atoms with van der Waals surface area (Å²) in [6.45, 7) is 4.26. The summed E-state index contributed by atoms with van der Waals surface area (Å²) >= 11 is 0. The van der Waals surface area contributed by atoms with Crippen LogP contribution in [-0.4, -0.2) is 11.8 Å². The van der Waals surface area contributed by atoms with Gasteiger partial charge in [0, 0.05) is 11.3 Å². The van der Waals surface area contributed by atoms with Crippen molar-refractivity contribution in [2.24, 2.45) is 16.7 Å². The fourth-order valence-corrected chi connectivity index (χ4v) is 3.25. The number of carbonyl (C=O) groups excluding carboxylic acids is 2. The second-order valence-corrected chi connectivity index (χ2v) is 6.72. The molecule has 20 heavy (non-hydrogen) atoms. The molecule has 106 valence electrons. The second-order valence-electron chi connectivity index (χ2n) is 6.72. The molecule has 0 aromatic heterocycles. The summed E-state index contributed by atoms with van der Waals surface area (Å²) in [5.74, 6) is -0.0508. The Kier molecular flexibility index (Phi) is 2.96. The lowest BCUT2D eigenvalue weighted by atomic mass is 9.72. The van der Waals surface area contributed by atoms with Gasteiger partial charge in [0.25, 0.3) is 0 Å². The van der Waals surface area contributed by atoms with E-state index in [1.165, 1.54) is 0 Å². The molecule has 2 fully saturated rings. The lowest BCUT2D eigenvalue weighted by Crippen LogP contribution is -2.37. The van der Waals surface area contributed by atoms with E-state index in [4.69, 9.17) is 4.74 Å². The summed E-state index contributed by atoms with van der Waals surface area (Å²) < 4.78 is 5.44. The Labute approximate surface area is 119 Å². The van der Waals surface area contributed by atoms with E-state index in [0.29, 0.717) is 13.0 Å². The lowest BCUT2D eigenvalue weighted by Gasteiger charge is -2.31. The average molecular weight is 272 g/mol. The first-order valence-electron chi connectivity index (χ1n) is 7.21. The lowest BCUT2D eigenvalue weighted by molar-refractivity contribution is -0.156. The van der Waals surface area contributed by atoms with Crippen LogP contribution in [0.3, 0.4) is 0 Å². The highest BCUT2D eigenvalue weighted by molar-refractivity contribution is 5.98. The molecule has 2 aliphatic rings. The molecule has 3 nitrogen and oxygen atoms in total. The summed E-state index contributed by atoms with van der Waals surface area (Å²) in [5, 5.41) is 0. The molecule has 0 aliphatic heterocycles. The largest absolute Gasteiger partial charge is 0.460 e. The number of esters is 1. The maximum atomic E-state index is 12.3. The fraction of sp³-hybridized carbons (Fsp3) is 0.529. The smallest absolute Gasteiger partial charge is 0.313 e. The van der Waals surface area contributed by atoms with Crippen LogP contribution in [0.15, 0.2) is 30.3 Å². The predicted molar refractivity (Wildman–Crippen MR) is 74.8 cm³/mol. The number of hydrogen-bond donors (Lipinski definition) is 0. The van der Waals surface area contributed by atoms with Gasteiger partial charge in [0.2, 0.25) is 0 Å². The minimum absolute atomic E-state index is 0.102. The molecule has 0 bridgehead atoms. The molecule has 3 heteroatoms. The Balaban J connectivity index is 1.64. The van der Waals surface area contributed by atoms with Crippen molar-refractivity contribution < 1.29 is 14.3 Å². The highest BCUT2D eigenvalue weighted by Gasteiger charge is 2.68. The second kappa shape index (κ2) is 4.44. The SMILES string of the molecule is CC1(C)CCC2(C(=O)OCc3ccccc3)CC2C1=O. The molecule has 0 amide bonds. The van der Waals surface area contributed by atoms with Crippen LogP contribution in [0.4, 0.5) is 0 Å². The minimum atomic E-state index is -0.499. The molecule has 0 spiro atoms. The van der Waals surface area contributed by atoms with E-state index in [1.807, 2.05) is 44.2 Å². The van der Waals surface area contributed by atoms with Crippen LogP contribution >= 0.6 is 0 Å². The maximum Gasteiger partial charge on any atom is 0.313 e. The van der Waals surface area contributed by atoms with Gasteiger partial charge in [0.05, 0.1) is 5.41 Å². The highest BCUT2D eigenvalue weighted by atomic mass is 16.5. The average Bonchev–Trinajstić information content (AvgIpc) is 3.19. The topological polar surface area (TPSA) is 43.4 Å². The summed E-state index contributed by atoms with van der Waals surface area (Å²) in [7, 11) is 0. The molecule has 2 atom stereocenters. The van der Waals surface area contributed by atoms with Gasteiger partial charge in [-0.05, 0) is 24.8 Å². The summed E-state index contributed by atoms with van der Waals surface area (Å²) in [6, 6.07) is 9.65. The van der Waals surface area contributed by atoms with Crippen molar-refractivity contribution in [3.05, 3.63) is 35.9 Å². The molecule has 1 aromatic rings. The third kappa shape index (κ3) is 2.05. The van der Waals surface area contributed by atoms with Crippen molar-refractivity contribution in [1.29, 1.82) is 0 Å². The molecule has 3 rings (SSSR count). The Morgan fingerprint density at radius 3 is 2.65 bits per heavy atom. The Bertz CT molecular complexity index is 547. The van der Waals surface area contributed by atoms with Crippen LogP contribution < -0.4 is 0 Å². The van der Waals surface area contributed by atoms with Crippen molar-refractivity contribution in [3.8, 4) is 0 Å². The molecule has 0 saturated heterocycles. The third-order valence-corrected chi connectivity index (χ3v) is 4.87. The van der Waals surface area contributed by atoms with E-state index < -0.39 is 5.41 Å². The first kappa shape index (κ1) is 13.3. The summed E-state index contributed by atoms with van der Waals surface area (Å²) in [5.41, 5.74) is 0.211. The zero-order chi connectivity index (χ0) is 14.4. The molecule has 0 N–H and O–H groups in total. The van der Waals surface area contributed by atoms with Crippen molar-refractivity contribution in [2.75, 3.05) is 0 Å². The van der Waals surface area contributed by atoms with Crippen molar-refractivity contribution in [2.45, 2.75) is 39.7 Å². The van der Waals surface area contributed by atoms with Crippen LogP contribution in [0.2, 0.25) is 0 Å². The third-order valence-electron chi connectivity index (χ3n) is 4.87. The maximum absolute atomic E-state index is 12.3.